The third-order valence-corrected chi connectivity index (χ3v) is 2.98. The van der Waals surface area contributed by atoms with Gasteiger partial charge in [-0.15, -0.1) is 0 Å². The number of hydrogen-bond acceptors (Lipinski definition) is 4. The molecule has 5 nitrogen and oxygen atoms in total. The zero-order valence-electron chi connectivity index (χ0n) is 9.31. The van der Waals surface area contributed by atoms with E-state index in [9.17, 15) is 4.79 Å². The first-order chi connectivity index (χ1) is 7.67. The van der Waals surface area contributed by atoms with Crippen molar-refractivity contribution in [3.8, 4) is 0 Å². The van der Waals surface area contributed by atoms with Gasteiger partial charge in [-0.05, 0) is 6.92 Å². The highest BCUT2D eigenvalue weighted by Crippen LogP contribution is 2.25. The van der Waals surface area contributed by atoms with Crippen molar-refractivity contribution in [3.05, 3.63) is 21.7 Å². The minimum absolute atomic E-state index is 0.183. The van der Waals surface area contributed by atoms with Crippen molar-refractivity contribution in [1.82, 2.24) is 9.55 Å². The Kier molecular flexibility index (Phi) is 3.16. The summed E-state index contributed by atoms with van der Waals surface area (Å²) in [5.41, 5.74) is -0.292. The predicted octanol–water partition coefficient (Wildman–Crippen LogP) is 0.752. The van der Waals surface area contributed by atoms with Gasteiger partial charge in [0.05, 0.1) is 19.2 Å². The van der Waals surface area contributed by atoms with E-state index >= 15 is 0 Å². The van der Waals surface area contributed by atoms with Gasteiger partial charge in [0.1, 0.15) is 11.0 Å². The molecule has 0 saturated heterocycles. The Morgan fingerprint density at radius 2 is 2.44 bits per heavy atom. The van der Waals surface area contributed by atoms with Crippen LogP contribution in [-0.4, -0.2) is 35.9 Å². The quantitative estimate of drug-likeness (QED) is 0.736. The number of aromatic nitrogens is 2. The van der Waals surface area contributed by atoms with Gasteiger partial charge in [0, 0.05) is 19.7 Å². The van der Waals surface area contributed by atoms with Crippen LogP contribution in [0.2, 0.25) is 5.15 Å². The number of fused-ring (bicyclic) bond motifs is 1. The fourth-order valence-corrected chi connectivity index (χ4v) is 2.30. The van der Waals surface area contributed by atoms with Crippen molar-refractivity contribution in [1.29, 1.82) is 0 Å². The highest BCUT2D eigenvalue weighted by atomic mass is 35.5. The molecule has 0 bridgehead atoms. The second kappa shape index (κ2) is 4.43. The van der Waals surface area contributed by atoms with Crippen molar-refractivity contribution < 1.29 is 4.74 Å². The van der Waals surface area contributed by atoms with Gasteiger partial charge in [0.2, 0.25) is 0 Å². The molecule has 0 aromatic carbocycles. The van der Waals surface area contributed by atoms with Gasteiger partial charge in [-0.25, -0.2) is 4.79 Å². The van der Waals surface area contributed by atoms with Gasteiger partial charge < -0.3 is 9.64 Å². The molecule has 6 heteroatoms. The molecule has 0 spiro atoms. The van der Waals surface area contributed by atoms with Crippen molar-refractivity contribution in [2.75, 3.05) is 25.2 Å². The highest BCUT2D eigenvalue weighted by molar-refractivity contribution is 6.29. The topological polar surface area (TPSA) is 47.4 Å². The van der Waals surface area contributed by atoms with Crippen molar-refractivity contribution >= 4 is 17.4 Å². The molecule has 2 heterocycles. The molecular weight excluding hydrogens is 230 g/mol. The third-order valence-electron chi connectivity index (χ3n) is 2.79. The van der Waals surface area contributed by atoms with Gasteiger partial charge in [0.15, 0.2) is 0 Å². The molecule has 2 rings (SSSR count). The van der Waals surface area contributed by atoms with Crippen LogP contribution in [0.15, 0.2) is 10.9 Å². The highest BCUT2D eigenvalue weighted by Gasteiger charge is 2.29. The Balaban J connectivity index is 2.42. The summed E-state index contributed by atoms with van der Waals surface area (Å²) in [5.74, 6) is 0.828. The molecule has 16 heavy (non-hydrogen) atoms. The number of ether oxygens (including phenoxy) is 1. The van der Waals surface area contributed by atoms with E-state index in [1.807, 2.05) is 6.92 Å². The Morgan fingerprint density at radius 3 is 3.06 bits per heavy atom. The molecule has 1 aromatic heterocycles. The first kappa shape index (κ1) is 11.4. The maximum atomic E-state index is 11.6. The average Bonchev–Trinajstić information content (AvgIpc) is 2.56. The molecule has 0 radical (unpaired) electrons. The first-order valence-corrected chi connectivity index (χ1v) is 5.58. The zero-order valence-corrected chi connectivity index (χ0v) is 10.1. The third kappa shape index (κ3) is 1.81. The van der Waals surface area contributed by atoms with Gasteiger partial charge in [-0.2, -0.15) is 4.98 Å². The lowest BCUT2D eigenvalue weighted by Crippen LogP contribution is -2.35. The minimum Gasteiger partial charge on any atom is -0.382 e. The predicted molar refractivity (Wildman–Crippen MR) is 62.2 cm³/mol. The van der Waals surface area contributed by atoms with Crippen LogP contribution in [0.1, 0.15) is 6.92 Å². The van der Waals surface area contributed by atoms with Crippen LogP contribution in [0.4, 0.5) is 5.82 Å². The van der Waals surface area contributed by atoms with E-state index in [1.165, 1.54) is 0 Å². The molecule has 88 valence electrons. The number of anilines is 1. The molecule has 1 atom stereocenters. The lowest BCUT2D eigenvalue weighted by Gasteiger charge is -2.23. The average molecular weight is 244 g/mol. The number of methoxy groups -OCH3 is 1. The van der Waals surface area contributed by atoms with Crippen molar-refractivity contribution in [3.63, 3.8) is 0 Å². The minimum atomic E-state index is -0.292. The van der Waals surface area contributed by atoms with Crippen LogP contribution >= 0.6 is 11.6 Å². The fourth-order valence-electron chi connectivity index (χ4n) is 2.13. The van der Waals surface area contributed by atoms with Crippen LogP contribution < -0.4 is 10.6 Å². The maximum Gasteiger partial charge on any atom is 0.350 e. The van der Waals surface area contributed by atoms with Gasteiger partial charge in [0.25, 0.3) is 0 Å². The molecule has 1 aliphatic heterocycles. The first-order valence-electron chi connectivity index (χ1n) is 5.20. The van der Waals surface area contributed by atoms with Crippen LogP contribution in [0.25, 0.3) is 0 Å². The standard InChI is InChI=1S/C10H14ClN3O2/c1-3-13-7(6-16-2)5-14-9(13)4-8(11)12-10(14)15/h4,7H,3,5-6H2,1-2H3/t7-/m0/s1. The summed E-state index contributed by atoms with van der Waals surface area (Å²) in [5, 5.41) is 0.243. The van der Waals surface area contributed by atoms with Gasteiger partial charge in [-0.3, -0.25) is 4.57 Å². The molecule has 0 fully saturated rings. The van der Waals surface area contributed by atoms with E-state index in [4.69, 9.17) is 16.3 Å². The van der Waals surface area contributed by atoms with E-state index < -0.39 is 0 Å². The van der Waals surface area contributed by atoms with Crippen LogP contribution in [0.3, 0.4) is 0 Å². The Hall–Kier alpha value is -1.07. The van der Waals surface area contributed by atoms with Crippen LogP contribution in [0.5, 0.6) is 0 Å². The second-order valence-corrected chi connectivity index (χ2v) is 4.11. The number of halogens is 1. The summed E-state index contributed by atoms with van der Waals surface area (Å²) in [6.07, 6.45) is 0. The summed E-state index contributed by atoms with van der Waals surface area (Å²) < 4.78 is 6.79. The summed E-state index contributed by atoms with van der Waals surface area (Å²) in [7, 11) is 1.66. The lowest BCUT2D eigenvalue weighted by atomic mass is 10.3. The van der Waals surface area contributed by atoms with E-state index in [0.717, 1.165) is 12.4 Å². The lowest BCUT2D eigenvalue weighted by molar-refractivity contribution is 0.176. The molecule has 1 aliphatic rings. The Bertz CT molecular complexity index is 446. The van der Waals surface area contributed by atoms with Gasteiger partial charge >= 0.3 is 5.69 Å². The van der Waals surface area contributed by atoms with E-state index in [0.29, 0.717) is 13.2 Å². The number of rotatable bonds is 3. The SMILES string of the molecule is CCN1c2cc(Cl)nc(=O)n2C[C@H]1COC. The Morgan fingerprint density at radius 1 is 1.69 bits per heavy atom. The molecule has 0 saturated carbocycles. The molecule has 0 aliphatic carbocycles. The van der Waals surface area contributed by atoms with Crippen molar-refractivity contribution in [2.45, 2.75) is 19.5 Å². The number of hydrogen-bond donors (Lipinski definition) is 0. The molecule has 1 aromatic rings. The normalized spacial score (nSPS) is 18.9. The van der Waals surface area contributed by atoms with Crippen LogP contribution in [-0.2, 0) is 11.3 Å². The largest absolute Gasteiger partial charge is 0.382 e. The monoisotopic (exact) mass is 243 g/mol. The summed E-state index contributed by atoms with van der Waals surface area (Å²) in [6, 6.07) is 1.91. The van der Waals surface area contributed by atoms with Crippen LogP contribution in [0, 0.1) is 0 Å². The zero-order chi connectivity index (χ0) is 11.7. The van der Waals surface area contributed by atoms with E-state index in [1.54, 1.807) is 17.7 Å². The summed E-state index contributed by atoms with van der Waals surface area (Å²) in [6.45, 7) is 4.05. The van der Waals surface area contributed by atoms with Gasteiger partial charge in [-0.1, -0.05) is 11.6 Å². The molecule has 0 amide bonds. The van der Waals surface area contributed by atoms with E-state index in [2.05, 4.69) is 9.88 Å². The number of nitrogens with zero attached hydrogens (tertiary/aromatic N) is 3. The smallest absolute Gasteiger partial charge is 0.350 e. The molecule has 0 unspecified atom stereocenters. The second-order valence-electron chi connectivity index (χ2n) is 3.73. The van der Waals surface area contributed by atoms with E-state index in [-0.39, 0.29) is 16.9 Å². The Labute approximate surface area is 98.6 Å². The summed E-state index contributed by atoms with van der Waals surface area (Å²) in [4.78, 5) is 17.5. The van der Waals surface area contributed by atoms with Crippen molar-refractivity contribution in [2.24, 2.45) is 0 Å². The maximum absolute atomic E-state index is 11.6. The molecular formula is C10H14ClN3O2. The fraction of sp³-hybridized carbons (Fsp3) is 0.600. The number of likely N-dealkylation sites (N-methyl/N-ethyl adjacent to an activating group) is 1. The summed E-state index contributed by atoms with van der Waals surface area (Å²) >= 11 is 5.79. The molecule has 0 N–H and O–H groups in total.